The zero-order chi connectivity index (χ0) is 16.9. The van der Waals surface area contributed by atoms with E-state index in [1.54, 1.807) is 18.3 Å². The highest BCUT2D eigenvalue weighted by Gasteiger charge is 2.12. The SMILES string of the molecule is Cc1cccc(Oc2ccccc2NC(=O)c2cnc(C)cn2)c1. The molecule has 0 unspecified atom stereocenters. The number of nitrogens with one attached hydrogen (secondary N) is 1. The Balaban J connectivity index is 1.81. The van der Waals surface area contributed by atoms with E-state index in [0.717, 1.165) is 11.3 Å². The number of nitrogens with zero attached hydrogens (tertiary/aromatic N) is 2. The summed E-state index contributed by atoms with van der Waals surface area (Å²) in [7, 11) is 0. The van der Waals surface area contributed by atoms with Gasteiger partial charge in [-0.05, 0) is 43.7 Å². The summed E-state index contributed by atoms with van der Waals surface area (Å²) in [6.07, 6.45) is 3.01. The number of aromatic nitrogens is 2. The van der Waals surface area contributed by atoms with Gasteiger partial charge in [-0.25, -0.2) is 4.98 Å². The summed E-state index contributed by atoms with van der Waals surface area (Å²) in [5, 5.41) is 2.81. The third-order valence-electron chi connectivity index (χ3n) is 3.37. The van der Waals surface area contributed by atoms with Crippen LogP contribution in [0.2, 0.25) is 0 Å². The van der Waals surface area contributed by atoms with E-state index in [1.165, 1.54) is 6.20 Å². The average molecular weight is 319 g/mol. The minimum Gasteiger partial charge on any atom is -0.455 e. The Labute approximate surface area is 140 Å². The van der Waals surface area contributed by atoms with Crippen molar-refractivity contribution in [2.45, 2.75) is 13.8 Å². The van der Waals surface area contributed by atoms with E-state index < -0.39 is 0 Å². The van der Waals surface area contributed by atoms with Gasteiger partial charge in [0.15, 0.2) is 5.75 Å². The lowest BCUT2D eigenvalue weighted by Crippen LogP contribution is -2.14. The third-order valence-corrected chi connectivity index (χ3v) is 3.37. The molecule has 1 aromatic heterocycles. The highest BCUT2D eigenvalue weighted by Crippen LogP contribution is 2.29. The lowest BCUT2D eigenvalue weighted by Gasteiger charge is -2.12. The first-order valence-corrected chi connectivity index (χ1v) is 7.55. The molecule has 3 rings (SSSR count). The second-order valence-corrected chi connectivity index (χ2v) is 5.41. The van der Waals surface area contributed by atoms with Gasteiger partial charge >= 0.3 is 0 Å². The number of carbonyl (C=O) groups is 1. The third kappa shape index (κ3) is 3.76. The standard InChI is InChI=1S/C19H17N3O2/c1-13-6-5-7-15(10-13)24-18-9-4-3-8-16(18)22-19(23)17-12-20-14(2)11-21-17/h3-12H,1-2H3,(H,22,23). The molecule has 24 heavy (non-hydrogen) atoms. The molecule has 0 aliphatic heterocycles. The van der Waals surface area contributed by atoms with Gasteiger partial charge in [0.1, 0.15) is 11.4 Å². The number of rotatable bonds is 4. The molecule has 3 aromatic rings. The van der Waals surface area contributed by atoms with Crippen LogP contribution in [0.3, 0.4) is 0 Å². The maximum absolute atomic E-state index is 12.3. The van der Waals surface area contributed by atoms with Crippen LogP contribution < -0.4 is 10.1 Å². The molecule has 1 heterocycles. The van der Waals surface area contributed by atoms with Gasteiger partial charge in [0, 0.05) is 6.20 Å². The molecule has 1 N–H and O–H groups in total. The summed E-state index contributed by atoms with van der Waals surface area (Å²) < 4.78 is 5.90. The minimum absolute atomic E-state index is 0.256. The van der Waals surface area contributed by atoms with Gasteiger partial charge < -0.3 is 10.1 Å². The fraction of sp³-hybridized carbons (Fsp3) is 0.105. The van der Waals surface area contributed by atoms with E-state index in [9.17, 15) is 4.79 Å². The number of hydrogen-bond acceptors (Lipinski definition) is 4. The fourth-order valence-corrected chi connectivity index (χ4v) is 2.16. The summed E-state index contributed by atoms with van der Waals surface area (Å²) in [5.74, 6) is 0.950. The van der Waals surface area contributed by atoms with Gasteiger partial charge in [-0.2, -0.15) is 0 Å². The Morgan fingerprint density at radius 3 is 2.58 bits per heavy atom. The summed E-state index contributed by atoms with van der Waals surface area (Å²) in [5.41, 5.74) is 2.69. The predicted molar refractivity (Wildman–Crippen MR) is 92.4 cm³/mol. The zero-order valence-electron chi connectivity index (χ0n) is 13.5. The number of aryl methyl sites for hydroxylation is 2. The van der Waals surface area contributed by atoms with Gasteiger partial charge in [0.2, 0.25) is 0 Å². The van der Waals surface area contributed by atoms with Crippen LogP contribution in [-0.4, -0.2) is 15.9 Å². The first-order valence-electron chi connectivity index (χ1n) is 7.55. The molecule has 1 amide bonds. The molecule has 0 aliphatic carbocycles. The van der Waals surface area contributed by atoms with Crippen LogP contribution in [-0.2, 0) is 0 Å². The van der Waals surface area contributed by atoms with Crippen molar-refractivity contribution < 1.29 is 9.53 Å². The van der Waals surface area contributed by atoms with Crippen LogP contribution in [0.4, 0.5) is 5.69 Å². The molecule has 0 saturated carbocycles. The van der Waals surface area contributed by atoms with Gasteiger partial charge in [0.25, 0.3) is 5.91 Å². The Bertz CT molecular complexity index is 860. The van der Waals surface area contributed by atoms with Crippen molar-refractivity contribution in [2.75, 3.05) is 5.32 Å². The Hall–Kier alpha value is -3.21. The summed E-state index contributed by atoms with van der Waals surface area (Å²) in [6, 6.07) is 15.0. The number of anilines is 1. The van der Waals surface area contributed by atoms with Crippen LogP contribution in [0.15, 0.2) is 60.9 Å². The first kappa shape index (κ1) is 15.7. The number of amides is 1. The van der Waals surface area contributed by atoms with Crippen LogP contribution in [0, 0.1) is 13.8 Å². The Morgan fingerprint density at radius 2 is 1.83 bits per heavy atom. The number of para-hydroxylation sites is 2. The van der Waals surface area contributed by atoms with Crippen molar-refractivity contribution in [2.24, 2.45) is 0 Å². The summed E-state index contributed by atoms with van der Waals surface area (Å²) in [6.45, 7) is 3.82. The highest BCUT2D eigenvalue weighted by atomic mass is 16.5. The molecule has 0 atom stereocenters. The van der Waals surface area contributed by atoms with E-state index in [2.05, 4.69) is 15.3 Å². The van der Waals surface area contributed by atoms with Gasteiger partial charge in [0.05, 0.1) is 17.6 Å². The molecule has 0 saturated heterocycles. The average Bonchev–Trinajstić information content (AvgIpc) is 2.57. The normalized spacial score (nSPS) is 10.2. The predicted octanol–water partition coefficient (Wildman–Crippen LogP) is 4.14. The number of carbonyl (C=O) groups excluding carboxylic acids is 1. The number of ether oxygens (including phenoxy) is 1. The van der Waals surface area contributed by atoms with E-state index >= 15 is 0 Å². The van der Waals surface area contributed by atoms with E-state index in [-0.39, 0.29) is 11.6 Å². The highest BCUT2D eigenvalue weighted by molar-refractivity contribution is 6.03. The Kier molecular flexibility index (Phi) is 4.52. The minimum atomic E-state index is -0.331. The van der Waals surface area contributed by atoms with Gasteiger partial charge in [-0.3, -0.25) is 9.78 Å². The molecule has 0 aliphatic rings. The van der Waals surface area contributed by atoms with E-state index in [1.807, 2.05) is 50.2 Å². The molecule has 0 fully saturated rings. The van der Waals surface area contributed by atoms with Crippen LogP contribution in [0.25, 0.3) is 0 Å². The molecule has 0 spiro atoms. The first-order chi connectivity index (χ1) is 11.6. The molecule has 5 heteroatoms. The largest absolute Gasteiger partial charge is 0.455 e. The lowest BCUT2D eigenvalue weighted by atomic mass is 10.2. The topological polar surface area (TPSA) is 64.1 Å². The van der Waals surface area contributed by atoms with Gasteiger partial charge in [-0.1, -0.05) is 24.3 Å². The van der Waals surface area contributed by atoms with Crippen molar-refractivity contribution in [1.82, 2.24) is 9.97 Å². The maximum atomic E-state index is 12.3. The van der Waals surface area contributed by atoms with Crippen molar-refractivity contribution >= 4 is 11.6 Å². The smallest absolute Gasteiger partial charge is 0.275 e. The molecular weight excluding hydrogens is 302 g/mol. The molecular formula is C19H17N3O2. The second kappa shape index (κ2) is 6.91. The van der Waals surface area contributed by atoms with Gasteiger partial charge in [-0.15, -0.1) is 0 Å². The van der Waals surface area contributed by atoms with Crippen molar-refractivity contribution in [3.05, 3.63) is 77.9 Å². The number of hydrogen-bond donors (Lipinski definition) is 1. The van der Waals surface area contributed by atoms with Crippen molar-refractivity contribution in [3.8, 4) is 11.5 Å². The lowest BCUT2D eigenvalue weighted by molar-refractivity contribution is 0.102. The van der Waals surface area contributed by atoms with Crippen LogP contribution in [0.5, 0.6) is 11.5 Å². The monoisotopic (exact) mass is 319 g/mol. The Morgan fingerprint density at radius 1 is 1.00 bits per heavy atom. The quantitative estimate of drug-likeness (QED) is 0.785. The fourth-order valence-electron chi connectivity index (χ4n) is 2.16. The number of benzene rings is 2. The summed E-state index contributed by atoms with van der Waals surface area (Å²) in [4.78, 5) is 20.5. The molecule has 120 valence electrons. The summed E-state index contributed by atoms with van der Waals surface area (Å²) >= 11 is 0. The molecule has 5 nitrogen and oxygen atoms in total. The second-order valence-electron chi connectivity index (χ2n) is 5.41. The van der Waals surface area contributed by atoms with Crippen molar-refractivity contribution in [1.29, 1.82) is 0 Å². The zero-order valence-corrected chi connectivity index (χ0v) is 13.5. The molecule has 2 aromatic carbocycles. The van der Waals surface area contributed by atoms with Crippen molar-refractivity contribution in [3.63, 3.8) is 0 Å². The van der Waals surface area contributed by atoms with Crippen LogP contribution >= 0.6 is 0 Å². The molecule has 0 bridgehead atoms. The van der Waals surface area contributed by atoms with E-state index in [4.69, 9.17) is 4.74 Å². The maximum Gasteiger partial charge on any atom is 0.275 e. The van der Waals surface area contributed by atoms with Crippen LogP contribution in [0.1, 0.15) is 21.7 Å². The molecule has 0 radical (unpaired) electrons. The van der Waals surface area contributed by atoms with E-state index in [0.29, 0.717) is 17.2 Å².